The van der Waals surface area contributed by atoms with Crippen LogP contribution in [-0.4, -0.2) is 88.3 Å². The van der Waals surface area contributed by atoms with Crippen LogP contribution in [0.4, 0.5) is 0 Å². The molecule has 4 saturated carbocycles. The molecule has 0 unspecified atom stereocenters. The van der Waals surface area contributed by atoms with Gasteiger partial charge in [0.2, 0.25) is 0 Å². The largest absolute Gasteiger partial charge is 0.469 e. The highest BCUT2D eigenvalue weighted by Crippen LogP contribution is 2.70. The zero-order valence-corrected chi connectivity index (χ0v) is 31.4. The minimum absolute atomic E-state index is 0.0504. The smallest absolute Gasteiger partial charge is 0.306 e. The maximum Gasteiger partial charge on any atom is 0.306 e. The molecule has 4 rings (SSSR count). The molecule has 47 heavy (non-hydrogen) atoms. The van der Waals surface area contributed by atoms with Gasteiger partial charge >= 0.3 is 17.9 Å². The lowest BCUT2D eigenvalue weighted by Gasteiger charge is -2.65. The average molecular weight is 661 g/mol. The topological polar surface area (TPSA) is 85.4 Å². The number of hydrogen-bond donors (Lipinski definition) is 0. The number of ether oxygens (including phenoxy) is 3. The number of fused-ring (bicyclic) bond motifs is 5. The molecule has 0 heterocycles. The van der Waals surface area contributed by atoms with Gasteiger partial charge in [0.05, 0.1) is 7.11 Å². The number of nitrogens with zero attached hydrogens (tertiary/aromatic N) is 2. The molecule has 0 spiro atoms. The lowest BCUT2D eigenvalue weighted by atomic mass is 9.41. The predicted molar refractivity (Wildman–Crippen MR) is 186 cm³/mol. The Labute approximate surface area is 286 Å². The second-order valence-corrected chi connectivity index (χ2v) is 16.9. The Hall–Kier alpha value is -1.67. The van der Waals surface area contributed by atoms with Crippen LogP contribution >= 0.6 is 0 Å². The van der Waals surface area contributed by atoms with Crippen molar-refractivity contribution in [3.63, 3.8) is 0 Å². The Balaban J connectivity index is 1.59. The average Bonchev–Trinajstić information content (AvgIpc) is 3.37. The van der Waals surface area contributed by atoms with Gasteiger partial charge in [0.25, 0.3) is 0 Å². The Morgan fingerprint density at radius 2 is 1.36 bits per heavy atom. The van der Waals surface area contributed by atoms with Crippen LogP contribution in [0, 0.1) is 52.3 Å². The number of methoxy groups -OCH3 is 1. The van der Waals surface area contributed by atoms with Crippen LogP contribution in [0.5, 0.6) is 0 Å². The highest BCUT2D eigenvalue weighted by Gasteiger charge is 2.66. The summed E-state index contributed by atoms with van der Waals surface area (Å²) in [5.74, 6) is 2.73. The number of esters is 3. The Morgan fingerprint density at radius 3 is 1.96 bits per heavy atom. The van der Waals surface area contributed by atoms with E-state index in [1.165, 1.54) is 26.4 Å². The van der Waals surface area contributed by atoms with Crippen LogP contribution in [-0.2, 0) is 28.6 Å². The van der Waals surface area contributed by atoms with Gasteiger partial charge < -0.3 is 24.0 Å². The summed E-state index contributed by atoms with van der Waals surface area (Å²) in [7, 11) is 9.64. The molecule has 0 aromatic heterocycles. The van der Waals surface area contributed by atoms with Crippen molar-refractivity contribution in [1.29, 1.82) is 0 Å². The monoisotopic (exact) mass is 661 g/mol. The molecule has 8 heteroatoms. The standard InChI is InChI=1S/C39H68N2O6/c1-10-28-32-25-27(46-34(43)13-11-23-40(5)6)19-21-39(32,4)31-20-22-38(3)29(26(2)15-18-33(42)45-9)16-17-30(38)36(31)37(28)47-35(44)14-12-24-41(7)8/h26-32,36-37H,10-25H2,1-9H3/t26-,27-,28-,29-,30+,31+,32+,36+,37+,38-,39-/m1/s1. The minimum atomic E-state index is -0.117. The Bertz CT molecular complexity index is 1060. The number of carbonyl (C=O) groups is 3. The fourth-order valence-electron chi connectivity index (χ4n) is 11.3. The summed E-state index contributed by atoms with van der Waals surface area (Å²) in [4.78, 5) is 42.7. The molecule has 0 aromatic rings. The Kier molecular flexibility index (Phi) is 13.3. The summed E-state index contributed by atoms with van der Waals surface area (Å²) < 4.78 is 17.9. The number of carbonyl (C=O) groups excluding carboxylic acids is 3. The third kappa shape index (κ3) is 8.56. The van der Waals surface area contributed by atoms with Crippen molar-refractivity contribution >= 4 is 17.9 Å². The van der Waals surface area contributed by atoms with Gasteiger partial charge in [-0.2, -0.15) is 0 Å². The molecular formula is C39H68N2O6. The van der Waals surface area contributed by atoms with Gasteiger partial charge in [-0.15, -0.1) is 0 Å². The molecule has 0 bridgehead atoms. The number of rotatable bonds is 15. The van der Waals surface area contributed by atoms with Gasteiger partial charge in [0, 0.05) is 25.2 Å². The van der Waals surface area contributed by atoms with E-state index in [2.05, 4.69) is 37.5 Å². The minimum Gasteiger partial charge on any atom is -0.469 e. The molecule has 0 aliphatic heterocycles. The van der Waals surface area contributed by atoms with Crippen molar-refractivity contribution in [3.8, 4) is 0 Å². The molecule has 0 N–H and O–H groups in total. The highest BCUT2D eigenvalue weighted by atomic mass is 16.5. The van der Waals surface area contributed by atoms with E-state index in [0.717, 1.165) is 64.5 Å². The summed E-state index contributed by atoms with van der Waals surface area (Å²) in [6, 6.07) is 0. The van der Waals surface area contributed by atoms with Gasteiger partial charge in [0.15, 0.2) is 0 Å². The van der Waals surface area contributed by atoms with Crippen LogP contribution in [0.2, 0.25) is 0 Å². The van der Waals surface area contributed by atoms with Gasteiger partial charge in [-0.1, -0.05) is 27.7 Å². The van der Waals surface area contributed by atoms with Crippen molar-refractivity contribution < 1.29 is 28.6 Å². The van der Waals surface area contributed by atoms with Crippen molar-refractivity contribution in [2.24, 2.45) is 52.3 Å². The van der Waals surface area contributed by atoms with Crippen LogP contribution < -0.4 is 0 Å². The fourth-order valence-corrected chi connectivity index (χ4v) is 11.3. The summed E-state index contributed by atoms with van der Waals surface area (Å²) >= 11 is 0. The number of hydrogen-bond acceptors (Lipinski definition) is 8. The first-order valence-electron chi connectivity index (χ1n) is 19.0. The van der Waals surface area contributed by atoms with Gasteiger partial charge in [-0.25, -0.2) is 0 Å². The molecule has 4 aliphatic rings. The van der Waals surface area contributed by atoms with Crippen LogP contribution in [0.3, 0.4) is 0 Å². The van der Waals surface area contributed by atoms with Gasteiger partial charge in [0.1, 0.15) is 12.2 Å². The summed E-state index contributed by atoms with van der Waals surface area (Å²) in [6.07, 6.45) is 12.3. The van der Waals surface area contributed by atoms with E-state index in [9.17, 15) is 14.4 Å². The first kappa shape index (κ1) is 38.1. The van der Waals surface area contributed by atoms with E-state index in [1.54, 1.807) is 0 Å². The third-order valence-corrected chi connectivity index (χ3v) is 13.7. The summed E-state index contributed by atoms with van der Waals surface area (Å²) in [5, 5.41) is 0. The molecule has 0 aromatic carbocycles. The van der Waals surface area contributed by atoms with Crippen molar-refractivity contribution in [1.82, 2.24) is 9.80 Å². The molecular weight excluding hydrogens is 592 g/mol. The summed E-state index contributed by atoms with van der Waals surface area (Å²) in [5.41, 5.74) is 0.315. The summed E-state index contributed by atoms with van der Waals surface area (Å²) in [6.45, 7) is 11.4. The second kappa shape index (κ2) is 16.4. The molecule has 0 saturated heterocycles. The fraction of sp³-hybridized carbons (Fsp3) is 0.923. The highest BCUT2D eigenvalue weighted by molar-refractivity contribution is 5.70. The molecule has 0 amide bonds. The molecule has 11 atom stereocenters. The van der Waals surface area contributed by atoms with Crippen molar-refractivity contribution in [2.45, 2.75) is 130 Å². The SMILES string of the molecule is CC[C@H]1[C@H](OC(=O)CCCN(C)C)[C@@H]2[C@H](CC[C@]3(C)[C@@H]([C@H](C)CCC(=O)OC)CC[C@@H]23)[C@@]2(C)CC[C@@H](OC(=O)CCCN(C)C)C[C@@H]12. The molecule has 4 fully saturated rings. The van der Waals surface area contributed by atoms with E-state index >= 15 is 0 Å². The molecule has 0 radical (unpaired) electrons. The van der Waals surface area contributed by atoms with Crippen molar-refractivity contribution in [3.05, 3.63) is 0 Å². The zero-order valence-electron chi connectivity index (χ0n) is 31.4. The maximum atomic E-state index is 13.6. The third-order valence-electron chi connectivity index (χ3n) is 13.7. The van der Waals surface area contributed by atoms with E-state index in [4.69, 9.17) is 14.2 Å². The van der Waals surface area contributed by atoms with Crippen molar-refractivity contribution in [2.75, 3.05) is 48.4 Å². The molecule has 8 nitrogen and oxygen atoms in total. The van der Waals surface area contributed by atoms with Gasteiger partial charge in [-0.05, 0) is 158 Å². The first-order chi connectivity index (χ1) is 22.2. The second-order valence-electron chi connectivity index (χ2n) is 16.9. The van der Waals surface area contributed by atoms with E-state index in [-0.39, 0.29) is 46.9 Å². The Morgan fingerprint density at radius 1 is 0.766 bits per heavy atom. The van der Waals surface area contributed by atoms with Crippen LogP contribution in [0.15, 0.2) is 0 Å². The van der Waals surface area contributed by atoms with E-state index in [1.807, 2.05) is 28.2 Å². The molecule has 4 aliphatic carbocycles. The van der Waals surface area contributed by atoms with Gasteiger partial charge in [-0.3, -0.25) is 14.4 Å². The lowest BCUT2D eigenvalue weighted by Crippen LogP contribution is -2.63. The van der Waals surface area contributed by atoms with Crippen LogP contribution in [0.25, 0.3) is 0 Å². The lowest BCUT2D eigenvalue weighted by molar-refractivity contribution is -0.220. The zero-order chi connectivity index (χ0) is 34.5. The van der Waals surface area contributed by atoms with E-state index in [0.29, 0.717) is 54.8 Å². The predicted octanol–water partition coefficient (Wildman–Crippen LogP) is 6.99. The van der Waals surface area contributed by atoms with Crippen LogP contribution in [0.1, 0.15) is 118 Å². The first-order valence-corrected chi connectivity index (χ1v) is 19.0. The normalized spacial score (nSPS) is 37.1. The molecule has 270 valence electrons. The maximum absolute atomic E-state index is 13.6. The quantitative estimate of drug-likeness (QED) is 0.137. The van der Waals surface area contributed by atoms with E-state index < -0.39 is 0 Å².